The van der Waals surface area contributed by atoms with E-state index in [0.717, 1.165) is 0 Å². The molecule has 19 heavy (non-hydrogen) atoms. The normalized spacial score (nSPS) is 20.4. The van der Waals surface area contributed by atoms with Gasteiger partial charge in [-0.05, 0) is 18.0 Å². The number of anilines is 1. The fourth-order valence-electron chi connectivity index (χ4n) is 2.25. The summed E-state index contributed by atoms with van der Waals surface area (Å²) in [6.07, 6.45) is -2.63. The van der Waals surface area contributed by atoms with Crippen molar-refractivity contribution < 1.29 is 13.2 Å². The fraction of sp³-hybridized carbons (Fsp3) is 0.500. The first kappa shape index (κ1) is 12.5. The van der Waals surface area contributed by atoms with E-state index in [1.54, 1.807) is 4.90 Å². The highest BCUT2D eigenvalue weighted by molar-refractivity contribution is 6.28. The Morgan fingerprint density at radius 1 is 1.37 bits per heavy atom. The van der Waals surface area contributed by atoms with E-state index in [-0.39, 0.29) is 24.8 Å². The zero-order valence-electron chi connectivity index (χ0n) is 9.58. The Morgan fingerprint density at radius 3 is 2.84 bits per heavy atom. The topological polar surface area (TPSA) is 57.7 Å². The van der Waals surface area contributed by atoms with Gasteiger partial charge < -0.3 is 4.90 Å². The molecule has 102 valence electrons. The third-order valence-corrected chi connectivity index (χ3v) is 3.38. The van der Waals surface area contributed by atoms with Gasteiger partial charge in [0.25, 0.3) is 0 Å². The highest BCUT2D eigenvalue weighted by Gasteiger charge is 2.44. The third-order valence-electron chi connectivity index (χ3n) is 3.21. The number of hydrogen-bond acceptors (Lipinski definition) is 4. The van der Waals surface area contributed by atoms with Crippen molar-refractivity contribution in [2.75, 3.05) is 18.0 Å². The van der Waals surface area contributed by atoms with Crippen molar-refractivity contribution in [2.45, 2.75) is 12.6 Å². The molecule has 1 atom stereocenters. The van der Waals surface area contributed by atoms with Crippen LogP contribution in [0.15, 0.2) is 6.20 Å². The van der Waals surface area contributed by atoms with Gasteiger partial charge in [-0.1, -0.05) is 0 Å². The number of nitrogens with one attached hydrogen (secondary N) is 1. The van der Waals surface area contributed by atoms with Crippen LogP contribution in [0.2, 0.25) is 5.28 Å². The molecule has 1 aliphatic heterocycles. The van der Waals surface area contributed by atoms with Gasteiger partial charge >= 0.3 is 6.18 Å². The number of nitrogens with zero attached hydrogens (tertiary/aromatic N) is 4. The molecule has 0 saturated carbocycles. The molecule has 1 N–H and O–H groups in total. The summed E-state index contributed by atoms with van der Waals surface area (Å²) in [5.74, 6) is -0.932. The molecular weight excluding hydrogens is 283 g/mol. The first-order chi connectivity index (χ1) is 8.95. The van der Waals surface area contributed by atoms with Gasteiger partial charge in [0.1, 0.15) is 5.82 Å². The van der Waals surface area contributed by atoms with E-state index in [9.17, 15) is 13.2 Å². The SMILES string of the molecule is FC(F)(F)C1CCN(c2nc(Cl)nc3[nH]ncc23)C1. The Balaban J connectivity index is 1.95. The molecule has 0 aliphatic carbocycles. The van der Waals surface area contributed by atoms with Crippen LogP contribution >= 0.6 is 11.6 Å². The van der Waals surface area contributed by atoms with Crippen molar-refractivity contribution in [1.29, 1.82) is 0 Å². The summed E-state index contributed by atoms with van der Waals surface area (Å²) in [4.78, 5) is 9.52. The maximum Gasteiger partial charge on any atom is 0.393 e. The van der Waals surface area contributed by atoms with Crippen molar-refractivity contribution in [3.63, 3.8) is 0 Å². The van der Waals surface area contributed by atoms with E-state index in [2.05, 4.69) is 20.2 Å². The number of aromatic amines is 1. The summed E-state index contributed by atoms with van der Waals surface area (Å²) >= 11 is 5.77. The second-order valence-corrected chi connectivity index (χ2v) is 4.76. The molecule has 0 radical (unpaired) electrons. The first-order valence-electron chi connectivity index (χ1n) is 5.63. The smallest absolute Gasteiger partial charge is 0.355 e. The number of aromatic nitrogens is 4. The Bertz CT molecular complexity index is 611. The Labute approximate surface area is 110 Å². The maximum absolute atomic E-state index is 12.7. The van der Waals surface area contributed by atoms with Gasteiger partial charge in [-0.3, -0.25) is 5.10 Å². The van der Waals surface area contributed by atoms with Crippen molar-refractivity contribution in [3.05, 3.63) is 11.5 Å². The summed E-state index contributed by atoms with van der Waals surface area (Å²) < 4.78 is 38.0. The Kier molecular flexibility index (Phi) is 2.77. The molecule has 0 spiro atoms. The van der Waals surface area contributed by atoms with Crippen molar-refractivity contribution in [2.24, 2.45) is 5.92 Å². The predicted octanol–water partition coefficient (Wildman–Crippen LogP) is 2.39. The molecule has 1 saturated heterocycles. The van der Waals surface area contributed by atoms with E-state index in [0.29, 0.717) is 16.9 Å². The van der Waals surface area contributed by atoms with E-state index in [1.807, 2.05) is 0 Å². The second-order valence-electron chi connectivity index (χ2n) is 4.42. The Hall–Kier alpha value is -1.57. The molecule has 9 heteroatoms. The van der Waals surface area contributed by atoms with Crippen LogP contribution in [0.4, 0.5) is 19.0 Å². The molecule has 3 heterocycles. The van der Waals surface area contributed by atoms with Gasteiger partial charge in [-0.2, -0.15) is 28.2 Å². The lowest BCUT2D eigenvalue weighted by Gasteiger charge is -2.19. The minimum absolute atomic E-state index is 0.0118. The molecular formula is C10H9ClF3N5. The van der Waals surface area contributed by atoms with Gasteiger partial charge in [0.15, 0.2) is 5.65 Å². The number of alkyl halides is 3. The summed E-state index contributed by atoms with van der Waals surface area (Å²) in [7, 11) is 0. The number of fused-ring (bicyclic) bond motifs is 1. The minimum Gasteiger partial charge on any atom is -0.355 e. The van der Waals surface area contributed by atoms with Crippen LogP contribution in [0.5, 0.6) is 0 Å². The Morgan fingerprint density at radius 2 is 2.16 bits per heavy atom. The quantitative estimate of drug-likeness (QED) is 0.820. The number of halogens is 4. The standard InChI is InChI=1S/C10H9ClF3N5/c11-9-16-7-6(3-15-18-7)8(17-9)19-2-1-5(4-19)10(12,13)14/h3,5H,1-2,4H2,(H,15,16,17,18). The molecule has 1 aliphatic rings. The van der Waals surface area contributed by atoms with Crippen molar-refractivity contribution in [3.8, 4) is 0 Å². The highest BCUT2D eigenvalue weighted by atomic mass is 35.5. The lowest BCUT2D eigenvalue weighted by molar-refractivity contribution is -0.168. The largest absolute Gasteiger partial charge is 0.393 e. The molecule has 1 fully saturated rings. The van der Waals surface area contributed by atoms with Crippen LogP contribution in [0, 0.1) is 5.92 Å². The summed E-state index contributed by atoms with van der Waals surface area (Å²) in [5, 5.41) is 7.00. The molecule has 1 unspecified atom stereocenters. The van der Waals surface area contributed by atoms with E-state index < -0.39 is 12.1 Å². The van der Waals surface area contributed by atoms with Gasteiger partial charge in [0.2, 0.25) is 5.28 Å². The van der Waals surface area contributed by atoms with Crippen LogP contribution in [-0.2, 0) is 0 Å². The van der Waals surface area contributed by atoms with Gasteiger partial charge in [0, 0.05) is 13.1 Å². The zero-order valence-corrected chi connectivity index (χ0v) is 10.3. The second kappa shape index (κ2) is 4.22. The average molecular weight is 292 g/mol. The van der Waals surface area contributed by atoms with E-state index in [1.165, 1.54) is 6.20 Å². The van der Waals surface area contributed by atoms with Gasteiger partial charge in [-0.15, -0.1) is 0 Å². The fourth-order valence-corrected chi connectivity index (χ4v) is 2.42. The van der Waals surface area contributed by atoms with Crippen LogP contribution in [-0.4, -0.2) is 39.4 Å². The molecule has 2 aromatic rings. The van der Waals surface area contributed by atoms with Crippen molar-refractivity contribution >= 4 is 28.5 Å². The summed E-state index contributed by atoms with van der Waals surface area (Å²) in [6.45, 7) is 0.176. The van der Waals surface area contributed by atoms with Crippen LogP contribution in [0.3, 0.4) is 0 Å². The van der Waals surface area contributed by atoms with E-state index in [4.69, 9.17) is 11.6 Å². The molecule has 0 bridgehead atoms. The number of hydrogen-bond donors (Lipinski definition) is 1. The minimum atomic E-state index is -4.18. The molecule has 0 aromatic carbocycles. The van der Waals surface area contributed by atoms with Crippen LogP contribution in [0.25, 0.3) is 11.0 Å². The number of H-pyrrole nitrogens is 1. The lowest BCUT2D eigenvalue weighted by atomic mass is 10.1. The summed E-state index contributed by atoms with van der Waals surface area (Å²) in [5.41, 5.74) is 0.422. The van der Waals surface area contributed by atoms with Gasteiger partial charge in [0.05, 0.1) is 17.5 Å². The third kappa shape index (κ3) is 2.20. The highest BCUT2D eigenvalue weighted by Crippen LogP contribution is 2.36. The molecule has 5 nitrogen and oxygen atoms in total. The zero-order chi connectivity index (χ0) is 13.6. The van der Waals surface area contributed by atoms with Crippen LogP contribution < -0.4 is 4.90 Å². The molecule has 2 aromatic heterocycles. The molecule has 3 rings (SSSR count). The average Bonchev–Trinajstić information content (AvgIpc) is 2.94. The maximum atomic E-state index is 12.7. The van der Waals surface area contributed by atoms with E-state index >= 15 is 0 Å². The first-order valence-corrected chi connectivity index (χ1v) is 6.01. The lowest BCUT2D eigenvalue weighted by Crippen LogP contribution is -2.28. The monoisotopic (exact) mass is 291 g/mol. The molecule has 0 amide bonds. The van der Waals surface area contributed by atoms with Gasteiger partial charge in [-0.25, -0.2) is 0 Å². The van der Waals surface area contributed by atoms with Crippen molar-refractivity contribution in [1.82, 2.24) is 20.2 Å². The van der Waals surface area contributed by atoms with Crippen LogP contribution in [0.1, 0.15) is 6.42 Å². The summed E-state index contributed by atoms with van der Waals surface area (Å²) in [6, 6.07) is 0. The predicted molar refractivity (Wildman–Crippen MR) is 63.1 cm³/mol. The number of rotatable bonds is 1.